The fourth-order valence-corrected chi connectivity index (χ4v) is 3.46. The highest BCUT2D eigenvalue weighted by Gasteiger charge is 2.18. The molecule has 25 heavy (non-hydrogen) atoms. The minimum atomic E-state index is -0.791. The van der Waals surface area contributed by atoms with Crippen molar-refractivity contribution >= 4 is 0 Å². The van der Waals surface area contributed by atoms with E-state index in [1.54, 1.807) is 12.1 Å². The standard InChI is InChI=1S/C21H24F3N/c22-19(15-25)7-3-6-17-10-8-16(9-11-17)4-1-2-5-18-12-13-20(23)21(24)14-18/h3,6-7,12-14,16-17H,1-2,4-5,8-11H2/b6-3+,19-7-. The Morgan fingerprint density at radius 2 is 1.88 bits per heavy atom. The van der Waals surface area contributed by atoms with Gasteiger partial charge in [-0.25, -0.2) is 8.78 Å². The van der Waals surface area contributed by atoms with Crippen LogP contribution >= 0.6 is 0 Å². The summed E-state index contributed by atoms with van der Waals surface area (Å²) < 4.78 is 38.7. The summed E-state index contributed by atoms with van der Waals surface area (Å²) in [6.07, 6.45) is 13.4. The molecule has 1 aliphatic carbocycles. The molecule has 1 aliphatic rings. The first kappa shape index (κ1) is 19.3. The summed E-state index contributed by atoms with van der Waals surface area (Å²) >= 11 is 0. The zero-order valence-corrected chi connectivity index (χ0v) is 14.4. The zero-order valence-electron chi connectivity index (χ0n) is 14.4. The third kappa shape index (κ3) is 6.78. The number of allylic oxidation sites excluding steroid dienone is 4. The van der Waals surface area contributed by atoms with Gasteiger partial charge in [0.25, 0.3) is 0 Å². The van der Waals surface area contributed by atoms with E-state index in [1.807, 2.05) is 6.08 Å². The largest absolute Gasteiger partial charge is 0.204 e. The molecule has 1 saturated carbocycles. The van der Waals surface area contributed by atoms with Crippen LogP contribution in [0.15, 0.2) is 42.3 Å². The van der Waals surface area contributed by atoms with Crippen LogP contribution in [0, 0.1) is 34.8 Å². The number of nitrogens with zero attached hydrogens (tertiary/aromatic N) is 1. The van der Waals surface area contributed by atoms with Crippen LogP contribution in [0.25, 0.3) is 0 Å². The van der Waals surface area contributed by atoms with E-state index in [9.17, 15) is 13.2 Å². The molecule has 1 nitrogen and oxygen atoms in total. The average molecular weight is 347 g/mol. The molecule has 1 fully saturated rings. The highest BCUT2D eigenvalue weighted by molar-refractivity contribution is 5.19. The number of aryl methyl sites for hydroxylation is 1. The van der Waals surface area contributed by atoms with Crippen molar-refractivity contribution in [2.45, 2.75) is 51.4 Å². The van der Waals surface area contributed by atoms with Gasteiger partial charge in [0, 0.05) is 0 Å². The predicted octanol–water partition coefficient (Wildman–Crippen LogP) is 6.42. The van der Waals surface area contributed by atoms with Crippen LogP contribution in [-0.4, -0.2) is 0 Å². The van der Waals surface area contributed by atoms with Crippen molar-refractivity contribution in [3.8, 4) is 6.07 Å². The van der Waals surface area contributed by atoms with Gasteiger partial charge in [0.15, 0.2) is 17.5 Å². The lowest BCUT2D eigenvalue weighted by Crippen LogP contribution is -2.13. The number of hydrogen-bond donors (Lipinski definition) is 0. The molecular formula is C21H24F3N. The number of nitriles is 1. The molecule has 2 rings (SSSR count). The van der Waals surface area contributed by atoms with E-state index in [0.29, 0.717) is 5.92 Å². The van der Waals surface area contributed by atoms with E-state index in [-0.39, 0.29) is 0 Å². The van der Waals surface area contributed by atoms with E-state index in [2.05, 4.69) is 0 Å². The maximum absolute atomic E-state index is 13.1. The molecule has 0 unspecified atom stereocenters. The maximum Gasteiger partial charge on any atom is 0.199 e. The number of benzene rings is 1. The van der Waals surface area contributed by atoms with Gasteiger partial charge in [-0.15, -0.1) is 0 Å². The third-order valence-electron chi connectivity index (χ3n) is 4.94. The summed E-state index contributed by atoms with van der Waals surface area (Å²) in [6.45, 7) is 0. The monoisotopic (exact) mass is 347 g/mol. The summed E-state index contributed by atoms with van der Waals surface area (Å²) in [4.78, 5) is 0. The van der Waals surface area contributed by atoms with E-state index < -0.39 is 17.5 Å². The summed E-state index contributed by atoms with van der Waals surface area (Å²) in [5.74, 6) is -1.12. The fourth-order valence-electron chi connectivity index (χ4n) is 3.46. The van der Waals surface area contributed by atoms with Crippen LogP contribution in [0.3, 0.4) is 0 Å². The normalized spacial score (nSPS) is 21.4. The van der Waals surface area contributed by atoms with E-state index in [4.69, 9.17) is 5.26 Å². The van der Waals surface area contributed by atoms with Crippen molar-refractivity contribution in [2.24, 2.45) is 11.8 Å². The van der Waals surface area contributed by atoms with E-state index in [1.165, 1.54) is 43.5 Å². The van der Waals surface area contributed by atoms with Crippen molar-refractivity contribution in [2.75, 3.05) is 0 Å². The lowest BCUT2D eigenvalue weighted by atomic mass is 9.79. The predicted molar refractivity (Wildman–Crippen MR) is 93.3 cm³/mol. The summed E-state index contributed by atoms with van der Waals surface area (Å²) in [7, 11) is 0. The van der Waals surface area contributed by atoms with Gasteiger partial charge in [-0.1, -0.05) is 31.1 Å². The SMILES string of the molecule is N#C/C(F)=C/C=C/C1CCC(CCCCc2ccc(F)c(F)c2)CC1. The summed E-state index contributed by atoms with van der Waals surface area (Å²) in [6, 6.07) is 5.59. The number of rotatable bonds is 7. The number of hydrogen-bond acceptors (Lipinski definition) is 1. The summed E-state index contributed by atoms with van der Waals surface area (Å²) in [5.41, 5.74) is 0.852. The van der Waals surface area contributed by atoms with Gasteiger partial charge in [-0.3, -0.25) is 0 Å². The zero-order chi connectivity index (χ0) is 18.1. The highest BCUT2D eigenvalue weighted by atomic mass is 19.2. The second-order valence-corrected chi connectivity index (χ2v) is 6.79. The molecule has 0 bridgehead atoms. The minimum absolute atomic E-state index is 0.473. The van der Waals surface area contributed by atoms with Crippen molar-refractivity contribution in [3.63, 3.8) is 0 Å². The molecule has 0 N–H and O–H groups in total. The molecule has 0 aliphatic heterocycles. The van der Waals surface area contributed by atoms with Gasteiger partial charge in [-0.2, -0.15) is 9.65 Å². The van der Waals surface area contributed by atoms with Crippen molar-refractivity contribution in [1.29, 1.82) is 5.26 Å². The number of halogens is 3. The van der Waals surface area contributed by atoms with Gasteiger partial charge >= 0.3 is 0 Å². The van der Waals surface area contributed by atoms with Crippen molar-refractivity contribution in [3.05, 3.63) is 59.5 Å². The molecule has 1 aromatic carbocycles. The topological polar surface area (TPSA) is 23.8 Å². The van der Waals surface area contributed by atoms with E-state index >= 15 is 0 Å². The molecule has 0 saturated heterocycles. The van der Waals surface area contributed by atoms with Crippen LogP contribution < -0.4 is 0 Å². The minimum Gasteiger partial charge on any atom is -0.204 e. The van der Waals surface area contributed by atoms with Crippen LogP contribution in [0.2, 0.25) is 0 Å². The molecule has 0 atom stereocenters. The first-order chi connectivity index (χ1) is 12.1. The Kier molecular flexibility index (Phi) is 7.78. The lowest BCUT2D eigenvalue weighted by molar-refractivity contribution is 0.289. The Labute approximate surface area is 147 Å². The van der Waals surface area contributed by atoms with Crippen molar-refractivity contribution in [1.82, 2.24) is 0 Å². The molecule has 0 spiro atoms. The molecule has 0 aromatic heterocycles. The van der Waals surface area contributed by atoms with Gasteiger partial charge in [0.2, 0.25) is 0 Å². The van der Waals surface area contributed by atoms with Gasteiger partial charge in [0.1, 0.15) is 6.07 Å². The molecule has 0 amide bonds. The molecule has 4 heteroatoms. The lowest BCUT2D eigenvalue weighted by Gasteiger charge is -2.26. The smallest absolute Gasteiger partial charge is 0.199 e. The molecular weight excluding hydrogens is 323 g/mol. The van der Waals surface area contributed by atoms with Crippen LogP contribution in [0.4, 0.5) is 13.2 Å². The fraction of sp³-hybridized carbons (Fsp3) is 0.476. The van der Waals surface area contributed by atoms with Crippen LogP contribution in [0.1, 0.15) is 50.5 Å². The first-order valence-corrected chi connectivity index (χ1v) is 8.96. The van der Waals surface area contributed by atoms with E-state index in [0.717, 1.165) is 43.6 Å². The van der Waals surface area contributed by atoms with Crippen molar-refractivity contribution < 1.29 is 13.2 Å². The Bertz CT molecular complexity index is 650. The molecule has 0 heterocycles. The second kappa shape index (κ2) is 10.1. The first-order valence-electron chi connectivity index (χ1n) is 8.96. The molecule has 134 valence electrons. The van der Waals surface area contributed by atoms with Gasteiger partial charge in [-0.05, 0) is 74.1 Å². The average Bonchev–Trinajstić information content (AvgIpc) is 2.62. The Morgan fingerprint density at radius 1 is 1.12 bits per heavy atom. The summed E-state index contributed by atoms with van der Waals surface area (Å²) in [5, 5.41) is 8.35. The second-order valence-electron chi connectivity index (χ2n) is 6.79. The Morgan fingerprint density at radius 3 is 2.56 bits per heavy atom. The Hall–Kier alpha value is -2.02. The Balaban J connectivity index is 1.62. The number of unbranched alkanes of at least 4 members (excludes halogenated alkanes) is 1. The highest BCUT2D eigenvalue weighted by Crippen LogP contribution is 2.32. The molecule has 0 radical (unpaired) electrons. The maximum atomic E-state index is 13.1. The quantitative estimate of drug-likeness (QED) is 0.317. The van der Waals surface area contributed by atoms with Gasteiger partial charge in [0.05, 0.1) is 0 Å². The van der Waals surface area contributed by atoms with Crippen LogP contribution in [0.5, 0.6) is 0 Å². The molecule has 1 aromatic rings. The third-order valence-corrected chi connectivity index (χ3v) is 4.94. The van der Waals surface area contributed by atoms with Gasteiger partial charge < -0.3 is 0 Å². The van der Waals surface area contributed by atoms with Crippen LogP contribution in [-0.2, 0) is 6.42 Å².